The van der Waals surface area contributed by atoms with Crippen LogP contribution in [0.2, 0.25) is 0 Å². The molecule has 0 fully saturated rings. The molecule has 0 unspecified atom stereocenters. The van der Waals surface area contributed by atoms with E-state index in [1.807, 2.05) is 13.0 Å². The molecule has 2 nitrogen and oxygen atoms in total. The Bertz CT molecular complexity index is 833. The fraction of sp³-hybridized carbons (Fsp3) is 0.250. The molecule has 0 aliphatic carbocycles. The number of carbonyl (C=O) groups excluding carboxylic acids is 1. The molecule has 22 heavy (non-hydrogen) atoms. The molecule has 1 heterocycles. The normalized spacial score (nSPS) is 11.8. The molecule has 3 aromatic rings. The topological polar surface area (TPSA) is 32.9 Å². The molecule has 0 saturated carbocycles. The van der Waals surface area contributed by atoms with E-state index < -0.39 is 0 Å². The number of aldehydes is 1. The lowest BCUT2D eigenvalue weighted by Crippen LogP contribution is -2.10. The zero-order valence-electron chi connectivity index (χ0n) is 13.5. The number of aryl methyl sites for hydroxylation is 1. The summed E-state index contributed by atoms with van der Waals surface area (Å²) in [6.07, 6.45) is 0.950. The van der Waals surface area contributed by atoms with Gasteiger partial charge in [0.25, 0.3) is 0 Å². The number of hydrogen-bond acceptors (Lipinski definition) is 1. The summed E-state index contributed by atoms with van der Waals surface area (Å²) in [5.74, 6) is 0. The number of carbonyl (C=O) groups is 1. The Morgan fingerprint density at radius 1 is 1.00 bits per heavy atom. The Hall–Kier alpha value is -2.35. The molecule has 3 rings (SSSR count). The Morgan fingerprint density at radius 3 is 2.27 bits per heavy atom. The molecule has 0 aliphatic heterocycles. The predicted molar refractivity (Wildman–Crippen MR) is 92.6 cm³/mol. The van der Waals surface area contributed by atoms with Crippen LogP contribution in [0.3, 0.4) is 0 Å². The van der Waals surface area contributed by atoms with Crippen molar-refractivity contribution < 1.29 is 4.79 Å². The van der Waals surface area contributed by atoms with E-state index in [0.29, 0.717) is 0 Å². The van der Waals surface area contributed by atoms with Crippen molar-refractivity contribution >= 4 is 17.2 Å². The Kier molecular flexibility index (Phi) is 3.40. The van der Waals surface area contributed by atoms with Crippen LogP contribution in [0.4, 0.5) is 0 Å². The molecule has 0 spiro atoms. The van der Waals surface area contributed by atoms with Crippen LogP contribution < -0.4 is 0 Å². The van der Waals surface area contributed by atoms with Crippen LogP contribution in [0.25, 0.3) is 22.2 Å². The van der Waals surface area contributed by atoms with Crippen molar-refractivity contribution in [1.29, 1.82) is 0 Å². The highest BCUT2D eigenvalue weighted by atomic mass is 16.1. The number of nitrogens with one attached hydrogen (secondary N) is 1. The quantitative estimate of drug-likeness (QED) is 0.642. The van der Waals surface area contributed by atoms with Gasteiger partial charge in [-0.25, -0.2) is 0 Å². The number of fused-ring (bicyclic) bond motifs is 1. The van der Waals surface area contributed by atoms with Crippen LogP contribution in [0.15, 0.2) is 42.5 Å². The fourth-order valence-corrected chi connectivity index (χ4v) is 2.81. The molecule has 0 radical (unpaired) electrons. The highest BCUT2D eigenvalue weighted by molar-refractivity contribution is 6.04. The summed E-state index contributed by atoms with van der Waals surface area (Å²) in [7, 11) is 0. The van der Waals surface area contributed by atoms with Crippen molar-refractivity contribution in [3.05, 3.63) is 59.2 Å². The summed E-state index contributed by atoms with van der Waals surface area (Å²) in [6, 6.07) is 14.6. The van der Waals surface area contributed by atoms with Gasteiger partial charge in [-0.2, -0.15) is 0 Å². The van der Waals surface area contributed by atoms with Crippen LogP contribution in [0.1, 0.15) is 42.3 Å². The first-order valence-electron chi connectivity index (χ1n) is 7.58. The molecule has 2 aromatic carbocycles. The van der Waals surface area contributed by atoms with Crippen LogP contribution in [0.5, 0.6) is 0 Å². The number of benzene rings is 2. The average molecular weight is 291 g/mol. The molecular weight excluding hydrogens is 270 g/mol. The molecule has 0 bridgehead atoms. The van der Waals surface area contributed by atoms with E-state index in [9.17, 15) is 4.79 Å². The summed E-state index contributed by atoms with van der Waals surface area (Å²) in [4.78, 5) is 15.0. The second-order valence-electron chi connectivity index (χ2n) is 6.91. The SMILES string of the molecule is Cc1ccc2[nH]c(-c3ccc(C(C)(C)C)cc3)c(C=O)c2c1. The molecule has 2 heteroatoms. The summed E-state index contributed by atoms with van der Waals surface area (Å²) >= 11 is 0. The minimum absolute atomic E-state index is 0.129. The van der Waals surface area contributed by atoms with E-state index in [1.165, 1.54) is 5.56 Å². The van der Waals surface area contributed by atoms with Gasteiger partial charge in [0.05, 0.1) is 5.69 Å². The van der Waals surface area contributed by atoms with Crippen LogP contribution in [0, 0.1) is 6.92 Å². The predicted octanol–water partition coefficient (Wildman–Crippen LogP) is 5.25. The molecule has 0 amide bonds. The molecule has 1 aromatic heterocycles. The highest BCUT2D eigenvalue weighted by Gasteiger charge is 2.16. The minimum Gasteiger partial charge on any atom is -0.354 e. The van der Waals surface area contributed by atoms with E-state index in [0.717, 1.165) is 39.6 Å². The van der Waals surface area contributed by atoms with Gasteiger partial charge in [0.2, 0.25) is 0 Å². The maximum Gasteiger partial charge on any atom is 0.152 e. The van der Waals surface area contributed by atoms with Gasteiger partial charge >= 0.3 is 0 Å². The summed E-state index contributed by atoms with van der Waals surface area (Å²) < 4.78 is 0. The second-order valence-corrected chi connectivity index (χ2v) is 6.91. The first-order valence-corrected chi connectivity index (χ1v) is 7.58. The smallest absolute Gasteiger partial charge is 0.152 e. The molecule has 0 atom stereocenters. The van der Waals surface area contributed by atoms with E-state index in [4.69, 9.17) is 0 Å². The lowest BCUT2D eigenvalue weighted by Gasteiger charge is -2.19. The molecule has 0 saturated heterocycles. The van der Waals surface area contributed by atoms with E-state index in [2.05, 4.69) is 62.2 Å². The largest absolute Gasteiger partial charge is 0.354 e. The number of H-pyrrole nitrogens is 1. The lowest BCUT2D eigenvalue weighted by molar-refractivity contribution is 0.112. The van der Waals surface area contributed by atoms with Gasteiger partial charge in [0.1, 0.15) is 0 Å². The van der Waals surface area contributed by atoms with E-state index in [1.54, 1.807) is 0 Å². The average Bonchev–Trinajstić information content (AvgIpc) is 2.84. The van der Waals surface area contributed by atoms with E-state index in [-0.39, 0.29) is 5.41 Å². The lowest BCUT2D eigenvalue weighted by atomic mass is 9.86. The first-order chi connectivity index (χ1) is 10.4. The monoisotopic (exact) mass is 291 g/mol. The summed E-state index contributed by atoms with van der Waals surface area (Å²) in [6.45, 7) is 8.64. The molecule has 0 aliphatic rings. The van der Waals surface area contributed by atoms with Crippen LogP contribution >= 0.6 is 0 Å². The Balaban J connectivity index is 2.15. The zero-order chi connectivity index (χ0) is 15.9. The third kappa shape index (κ3) is 2.45. The fourth-order valence-electron chi connectivity index (χ4n) is 2.81. The van der Waals surface area contributed by atoms with E-state index >= 15 is 0 Å². The van der Waals surface area contributed by atoms with Crippen molar-refractivity contribution in [2.75, 3.05) is 0 Å². The van der Waals surface area contributed by atoms with Gasteiger partial charge in [-0.1, -0.05) is 56.7 Å². The number of hydrogen-bond donors (Lipinski definition) is 1. The zero-order valence-corrected chi connectivity index (χ0v) is 13.5. The second kappa shape index (κ2) is 5.13. The van der Waals surface area contributed by atoms with Gasteiger partial charge in [-0.3, -0.25) is 4.79 Å². The van der Waals surface area contributed by atoms with Crippen molar-refractivity contribution in [3.63, 3.8) is 0 Å². The van der Waals surface area contributed by atoms with Gasteiger partial charge in [-0.05, 0) is 35.6 Å². The Labute approximate surface area is 131 Å². The van der Waals surface area contributed by atoms with Crippen LogP contribution in [-0.4, -0.2) is 11.3 Å². The number of rotatable bonds is 2. The molecule has 112 valence electrons. The number of aromatic nitrogens is 1. The number of aromatic amines is 1. The van der Waals surface area contributed by atoms with Crippen molar-refractivity contribution in [3.8, 4) is 11.3 Å². The van der Waals surface area contributed by atoms with Crippen molar-refractivity contribution in [2.45, 2.75) is 33.1 Å². The van der Waals surface area contributed by atoms with Gasteiger partial charge in [-0.15, -0.1) is 0 Å². The van der Waals surface area contributed by atoms with Gasteiger partial charge < -0.3 is 4.98 Å². The molecular formula is C20H21NO. The highest BCUT2D eigenvalue weighted by Crippen LogP contribution is 2.31. The molecule has 1 N–H and O–H groups in total. The van der Waals surface area contributed by atoms with Crippen molar-refractivity contribution in [1.82, 2.24) is 4.98 Å². The third-order valence-electron chi connectivity index (χ3n) is 4.15. The Morgan fingerprint density at radius 2 is 1.68 bits per heavy atom. The van der Waals surface area contributed by atoms with Crippen LogP contribution in [-0.2, 0) is 5.41 Å². The summed E-state index contributed by atoms with van der Waals surface area (Å²) in [5.41, 5.74) is 6.26. The standard InChI is InChI=1S/C20H21NO/c1-13-5-10-18-16(11-13)17(12-22)19(21-18)14-6-8-15(9-7-14)20(2,3)4/h5-12,21H,1-4H3. The minimum atomic E-state index is 0.129. The first kappa shape index (κ1) is 14.6. The van der Waals surface area contributed by atoms with Gasteiger partial charge in [0.15, 0.2) is 6.29 Å². The maximum absolute atomic E-state index is 11.6. The summed E-state index contributed by atoms with van der Waals surface area (Å²) in [5, 5.41) is 0.991. The van der Waals surface area contributed by atoms with Crippen molar-refractivity contribution in [2.24, 2.45) is 0 Å². The third-order valence-corrected chi connectivity index (χ3v) is 4.15. The van der Waals surface area contributed by atoms with Gasteiger partial charge in [0, 0.05) is 16.5 Å². The maximum atomic E-state index is 11.6.